The first-order valence-electron chi connectivity index (χ1n) is 11.4. The van der Waals surface area contributed by atoms with Crippen molar-refractivity contribution in [2.45, 2.75) is 31.9 Å². The highest BCUT2D eigenvalue weighted by molar-refractivity contribution is 5.98. The molecule has 1 amide bonds. The maximum absolute atomic E-state index is 13.3. The number of nitrogens with zero attached hydrogens (tertiary/aromatic N) is 1. The van der Waals surface area contributed by atoms with Crippen molar-refractivity contribution in [3.05, 3.63) is 53.1 Å². The normalized spacial score (nSPS) is 14.1. The summed E-state index contributed by atoms with van der Waals surface area (Å²) in [5, 5.41) is 27.7. The number of amides is 1. The highest BCUT2D eigenvalue weighted by Gasteiger charge is 2.23. The van der Waals surface area contributed by atoms with Gasteiger partial charge in [0.2, 0.25) is 5.91 Å². The number of anilines is 1. The van der Waals surface area contributed by atoms with E-state index in [0.717, 1.165) is 16.7 Å². The standard InChI is InChI=1S/C26H31NO8/c1-33-26(32)10-9-25(31)27-15-20-13-22(34-12-2-11-28)7-5-18(20)3-4-19-6-8-23(14-24(19)27)35-17-21(30)16-29/h3-8,13-14,21,28-30H,2,9-12,15-17H2,1H3/b4-3-/t21-/m0/s1. The summed E-state index contributed by atoms with van der Waals surface area (Å²) in [6.07, 6.45) is 3.26. The fourth-order valence-corrected chi connectivity index (χ4v) is 3.56. The van der Waals surface area contributed by atoms with Crippen LogP contribution in [0.4, 0.5) is 5.69 Å². The monoisotopic (exact) mass is 485 g/mol. The Bertz CT molecular complexity index is 1050. The van der Waals surface area contributed by atoms with Crippen LogP contribution in [0.15, 0.2) is 36.4 Å². The molecule has 3 rings (SSSR count). The molecule has 9 nitrogen and oxygen atoms in total. The molecular weight excluding hydrogens is 454 g/mol. The van der Waals surface area contributed by atoms with E-state index in [2.05, 4.69) is 4.74 Å². The molecule has 0 radical (unpaired) electrons. The Morgan fingerprint density at radius 3 is 2.43 bits per heavy atom. The van der Waals surface area contributed by atoms with Gasteiger partial charge in [0, 0.05) is 25.5 Å². The Kier molecular flexibility index (Phi) is 9.66. The zero-order valence-corrected chi connectivity index (χ0v) is 19.7. The predicted octanol–water partition coefficient (Wildman–Crippen LogP) is 2.15. The number of benzene rings is 2. The molecular formula is C26H31NO8. The Hall–Kier alpha value is -3.40. The van der Waals surface area contributed by atoms with Crippen LogP contribution < -0.4 is 14.4 Å². The molecule has 0 fully saturated rings. The van der Waals surface area contributed by atoms with E-state index < -0.39 is 18.7 Å². The average Bonchev–Trinajstić information content (AvgIpc) is 2.87. The Labute approximate surface area is 204 Å². The molecule has 1 atom stereocenters. The van der Waals surface area contributed by atoms with Crippen molar-refractivity contribution < 1.29 is 39.1 Å². The van der Waals surface area contributed by atoms with Gasteiger partial charge < -0.3 is 34.4 Å². The summed E-state index contributed by atoms with van der Waals surface area (Å²) in [6, 6.07) is 10.9. The van der Waals surface area contributed by atoms with Crippen LogP contribution in [0, 0.1) is 0 Å². The summed E-state index contributed by atoms with van der Waals surface area (Å²) in [7, 11) is 1.28. The van der Waals surface area contributed by atoms with Crippen molar-refractivity contribution in [3.8, 4) is 11.5 Å². The molecule has 1 aliphatic heterocycles. The molecule has 3 N–H and O–H groups in total. The topological polar surface area (TPSA) is 126 Å². The molecule has 1 aliphatic rings. The highest BCUT2D eigenvalue weighted by Crippen LogP contribution is 2.34. The number of rotatable bonds is 11. The number of methoxy groups -OCH3 is 1. The van der Waals surface area contributed by atoms with E-state index in [9.17, 15) is 14.7 Å². The fourth-order valence-electron chi connectivity index (χ4n) is 3.56. The van der Waals surface area contributed by atoms with Gasteiger partial charge in [0.25, 0.3) is 0 Å². The minimum Gasteiger partial charge on any atom is -0.493 e. The third kappa shape index (κ3) is 7.29. The summed E-state index contributed by atoms with van der Waals surface area (Å²) in [5.41, 5.74) is 3.13. The third-order valence-corrected chi connectivity index (χ3v) is 5.47. The molecule has 0 saturated heterocycles. The number of hydrogen-bond donors (Lipinski definition) is 3. The van der Waals surface area contributed by atoms with Crippen molar-refractivity contribution in [2.75, 3.05) is 38.4 Å². The van der Waals surface area contributed by atoms with Gasteiger partial charge in [0.15, 0.2) is 0 Å². The van der Waals surface area contributed by atoms with Crippen LogP contribution in [0.1, 0.15) is 36.0 Å². The van der Waals surface area contributed by atoms with Gasteiger partial charge in [0.1, 0.15) is 24.2 Å². The fraction of sp³-hybridized carbons (Fsp3) is 0.385. The predicted molar refractivity (Wildman–Crippen MR) is 130 cm³/mol. The average molecular weight is 486 g/mol. The SMILES string of the molecule is COC(=O)CCC(=O)N1Cc2cc(OCCCO)ccc2/C=C\c2ccc(OC[C@@H](O)CO)cc21. The maximum atomic E-state index is 13.3. The maximum Gasteiger partial charge on any atom is 0.306 e. The van der Waals surface area contributed by atoms with Gasteiger partial charge >= 0.3 is 5.97 Å². The van der Waals surface area contributed by atoms with Crippen LogP contribution in [-0.4, -0.2) is 66.8 Å². The van der Waals surface area contributed by atoms with Crippen LogP contribution in [0.25, 0.3) is 12.2 Å². The molecule has 0 spiro atoms. The molecule has 0 saturated carbocycles. The lowest BCUT2D eigenvalue weighted by Crippen LogP contribution is -2.32. The highest BCUT2D eigenvalue weighted by atomic mass is 16.5. The molecule has 2 aromatic carbocycles. The summed E-state index contributed by atoms with van der Waals surface area (Å²) in [6.45, 7) is 0.111. The lowest BCUT2D eigenvalue weighted by Gasteiger charge is -2.28. The first-order valence-corrected chi connectivity index (χ1v) is 11.4. The molecule has 0 unspecified atom stereocenters. The van der Waals surface area contributed by atoms with Gasteiger partial charge in [0.05, 0.1) is 39.0 Å². The van der Waals surface area contributed by atoms with Gasteiger partial charge in [-0.15, -0.1) is 0 Å². The lowest BCUT2D eigenvalue weighted by molar-refractivity contribution is -0.141. The molecule has 2 aromatic rings. The number of aliphatic hydroxyl groups is 3. The van der Waals surface area contributed by atoms with Crippen molar-refractivity contribution >= 4 is 29.7 Å². The Morgan fingerprint density at radius 1 is 1.00 bits per heavy atom. The zero-order chi connectivity index (χ0) is 25.2. The number of ether oxygens (including phenoxy) is 3. The summed E-state index contributed by atoms with van der Waals surface area (Å²) in [5.74, 6) is 0.318. The molecule has 0 aliphatic carbocycles. The second-order valence-electron chi connectivity index (χ2n) is 8.04. The number of aliphatic hydroxyl groups excluding tert-OH is 3. The van der Waals surface area contributed by atoms with Crippen LogP contribution >= 0.6 is 0 Å². The van der Waals surface area contributed by atoms with Crippen LogP contribution in [-0.2, 0) is 20.9 Å². The van der Waals surface area contributed by atoms with Crippen LogP contribution in [0.2, 0.25) is 0 Å². The lowest BCUT2D eigenvalue weighted by atomic mass is 10.00. The van der Waals surface area contributed by atoms with Crippen LogP contribution in [0.5, 0.6) is 11.5 Å². The quantitative estimate of drug-likeness (QED) is 0.327. The number of fused-ring (bicyclic) bond motifs is 2. The first kappa shape index (κ1) is 26.2. The van der Waals surface area contributed by atoms with Crippen molar-refractivity contribution in [2.24, 2.45) is 0 Å². The van der Waals surface area contributed by atoms with Gasteiger partial charge in [-0.25, -0.2) is 0 Å². The summed E-state index contributed by atoms with van der Waals surface area (Å²) >= 11 is 0. The van der Waals surface area contributed by atoms with Gasteiger partial charge in [-0.05, 0) is 41.0 Å². The van der Waals surface area contributed by atoms with Gasteiger partial charge in [-0.3, -0.25) is 9.59 Å². The molecule has 0 aromatic heterocycles. The smallest absolute Gasteiger partial charge is 0.306 e. The van der Waals surface area contributed by atoms with Crippen molar-refractivity contribution in [1.29, 1.82) is 0 Å². The van der Waals surface area contributed by atoms with Crippen molar-refractivity contribution in [1.82, 2.24) is 0 Å². The minimum atomic E-state index is -1.02. The molecule has 9 heteroatoms. The summed E-state index contributed by atoms with van der Waals surface area (Å²) < 4.78 is 16.0. The second kappa shape index (κ2) is 12.9. The molecule has 35 heavy (non-hydrogen) atoms. The van der Waals surface area contributed by atoms with E-state index in [1.54, 1.807) is 17.0 Å². The van der Waals surface area contributed by atoms with E-state index in [1.165, 1.54) is 7.11 Å². The van der Waals surface area contributed by atoms with Crippen LogP contribution in [0.3, 0.4) is 0 Å². The minimum absolute atomic E-state index is 0.0344. The van der Waals surface area contributed by atoms with Crippen molar-refractivity contribution in [3.63, 3.8) is 0 Å². The molecule has 188 valence electrons. The molecule has 0 bridgehead atoms. The largest absolute Gasteiger partial charge is 0.493 e. The van der Waals surface area contributed by atoms with Gasteiger partial charge in [-0.2, -0.15) is 0 Å². The van der Waals surface area contributed by atoms with E-state index in [4.69, 9.17) is 19.7 Å². The number of esters is 1. The Balaban J connectivity index is 1.95. The van der Waals surface area contributed by atoms with E-state index in [1.807, 2.05) is 36.4 Å². The number of hydrogen-bond acceptors (Lipinski definition) is 8. The second-order valence-corrected chi connectivity index (χ2v) is 8.04. The Morgan fingerprint density at radius 2 is 1.71 bits per heavy atom. The van der Waals surface area contributed by atoms with E-state index >= 15 is 0 Å². The van der Waals surface area contributed by atoms with Gasteiger partial charge in [-0.1, -0.05) is 18.2 Å². The number of carbonyl (C=O) groups is 2. The third-order valence-electron chi connectivity index (χ3n) is 5.47. The first-order chi connectivity index (χ1) is 16.9. The van der Waals surface area contributed by atoms with E-state index in [0.29, 0.717) is 30.2 Å². The number of carbonyl (C=O) groups excluding carboxylic acids is 2. The van der Waals surface area contributed by atoms with E-state index in [-0.39, 0.29) is 38.5 Å². The molecule has 1 heterocycles. The zero-order valence-electron chi connectivity index (χ0n) is 19.7. The summed E-state index contributed by atoms with van der Waals surface area (Å²) in [4.78, 5) is 26.6.